The molecular formula is C14H12ClN3O2S. The van der Waals surface area contributed by atoms with Crippen molar-refractivity contribution in [2.75, 3.05) is 0 Å². The van der Waals surface area contributed by atoms with Crippen molar-refractivity contribution in [3.05, 3.63) is 45.5 Å². The van der Waals surface area contributed by atoms with Crippen LogP contribution in [0.2, 0.25) is 5.02 Å². The summed E-state index contributed by atoms with van der Waals surface area (Å²) in [6.45, 7) is 0. The van der Waals surface area contributed by atoms with Crippen molar-refractivity contribution in [1.82, 2.24) is 5.32 Å². The number of thioether (sulfide) groups is 1. The summed E-state index contributed by atoms with van der Waals surface area (Å²) in [6.07, 6.45) is 0.0442. The number of rotatable bonds is 4. The van der Waals surface area contributed by atoms with Crippen molar-refractivity contribution >= 4 is 35.2 Å². The maximum atomic E-state index is 11.8. The van der Waals surface area contributed by atoms with Gasteiger partial charge in [-0.3, -0.25) is 9.59 Å². The number of nitrogens with zero attached hydrogens (tertiary/aromatic N) is 1. The lowest BCUT2D eigenvalue weighted by atomic mass is 9.96. The van der Waals surface area contributed by atoms with Gasteiger partial charge in [-0.1, -0.05) is 29.8 Å². The molecule has 0 radical (unpaired) electrons. The van der Waals surface area contributed by atoms with Crippen molar-refractivity contribution in [3.63, 3.8) is 0 Å². The molecule has 2 rings (SSSR count). The number of hydrogen-bond acceptors (Lipinski definition) is 4. The average Bonchev–Trinajstić information content (AvgIpc) is 2.46. The summed E-state index contributed by atoms with van der Waals surface area (Å²) in [5.74, 6) is -1.66. The second-order valence-electron chi connectivity index (χ2n) is 4.45. The number of nitrogens with one attached hydrogen (secondary N) is 1. The fourth-order valence-corrected chi connectivity index (χ4v) is 3.19. The van der Waals surface area contributed by atoms with Crippen molar-refractivity contribution in [2.24, 2.45) is 11.7 Å². The van der Waals surface area contributed by atoms with E-state index in [-0.39, 0.29) is 6.42 Å². The number of carbonyl (C=O) groups is 2. The van der Waals surface area contributed by atoms with Gasteiger partial charge in [0.2, 0.25) is 11.8 Å². The average molecular weight is 322 g/mol. The number of allylic oxidation sites excluding steroid dienone is 1. The van der Waals surface area contributed by atoms with E-state index in [9.17, 15) is 9.59 Å². The normalized spacial score (nSPS) is 18.1. The number of carbonyl (C=O) groups excluding carboxylic acids is 2. The SMILES string of the molecule is N#CC1=C(SCc2ccccc2Cl)NC(=O)[C@H](C(N)=O)C1. The van der Waals surface area contributed by atoms with Crippen LogP contribution in [0.25, 0.3) is 0 Å². The molecule has 1 atom stereocenters. The van der Waals surface area contributed by atoms with Crippen molar-refractivity contribution in [3.8, 4) is 6.07 Å². The van der Waals surface area contributed by atoms with E-state index < -0.39 is 17.7 Å². The number of halogens is 1. The number of hydrogen-bond donors (Lipinski definition) is 2. The molecule has 1 aromatic rings. The van der Waals surface area contributed by atoms with Gasteiger partial charge < -0.3 is 11.1 Å². The Morgan fingerprint density at radius 2 is 2.24 bits per heavy atom. The standard InChI is InChI=1S/C14H12ClN3O2S/c15-11-4-2-1-3-8(11)7-21-14-9(6-16)5-10(12(17)19)13(20)18-14/h1-4,10H,5,7H2,(H2,17,19)(H,18,20)/t10-/m0/s1. The summed E-state index contributed by atoms with van der Waals surface area (Å²) in [7, 11) is 0. The van der Waals surface area contributed by atoms with E-state index in [0.29, 0.717) is 21.4 Å². The van der Waals surface area contributed by atoms with Gasteiger partial charge in [-0.05, 0) is 11.6 Å². The van der Waals surface area contributed by atoms with Crippen molar-refractivity contribution in [1.29, 1.82) is 5.26 Å². The van der Waals surface area contributed by atoms with E-state index in [0.717, 1.165) is 5.56 Å². The summed E-state index contributed by atoms with van der Waals surface area (Å²) in [5.41, 5.74) is 6.41. The Balaban J connectivity index is 2.15. The molecule has 0 aliphatic carbocycles. The predicted octanol–water partition coefficient (Wildman–Crippen LogP) is 1.93. The largest absolute Gasteiger partial charge is 0.369 e. The van der Waals surface area contributed by atoms with E-state index in [1.807, 2.05) is 24.3 Å². The van der Waals surface area contributed by atoms with Crippen LogP contribution in [0, 0.1) is 17.2 Å². The molecule has 0 fully saturated rings. The highest BCUT2D eigenvalue weighted by molar-refractivity contribution is 8.02. The van der Waals surface area contributed by atoms with Gasteiger partial charge in [0.1, 0.15) is 5.92 Å². The predicted molar refractivity (Wildman–Crippen MR) is 80.8 cm³/mol. The molecule has 108 valence electrons. The highest BCUT2D eigenvalue weighted by Crippen LogP contribution is 2.31. The van der Waals surface area contributed by atoms with E-state index in [2.05, 4.69) is 5.32 Å². The van der Waals surface area contributed by atoms with Crippen LogP contribution in [0.5, 0.6) is 0 Å². The number of benzene rings is 1. The smallest absolute Gasteiger partial charge is 0.237 e. The van der Waals surface area contributed by atoms with Crippen molar-refractivity contribution < 1.29 is 9.59 Å². The lowest BCUT2D eigenvalue weighted by Crippen LogP contribution is -2.41. The molecule has 1 aromatic carbocycles. The Bertz CT molecular complexity index is 666. The molecule has 0 saturated carbocycles. The molecule has 0 saturated heterocycles. The van der Waals surface area contributed by atoms with Crippen LogP contribution >= 0.6 is 23.4 Å². The molecule has 0 unspecified atom stereocenters. The third-order valence-electron chi connectivity index (χ3n) is 3.04. The zero-order valence-electron chi connectivity index (χ0n) is 10.9. The molecule has 1 heterocycles. The van der Waals surface area contributed by atoms with Crippen molar-refractivity contribution in [2.45, 2.75) is 12.2 Å². The summed E-state index contributed by atoms with van der Waals surface area (Å²) in [4.78, 5) is 23.0. The van der Waals surface area contributed by atoms with Gasteiger partial charge in [-0.25, -0.2) is 0 Å². The Hall–Kier alpha value is -1.97. The van der Waals surface area contributed by atoms with Crippen LogP contribution in [-0.2, 0) is 15.3 Å². The number of nitrogens with two attached hydrogens (primary N) is 1. The van der Waals surface area contributed by atoms with Crippen LogP contribution in [0.1, 0.15) is 12.0 Å². The molecule has 3 N–H and O–H groups in total. The monoisotopic (exact) mass is 321 g/mol. The third-order valence-corrected chi connectivity index (χ3v) is 4.51. The highest BCUT2D eigenvalue weighted by Gasteiger charge is 2.32. The first kappa shape index (κ1) is 15.4. The zero-order chi connectivity index (χ0) is 15.4. The molecular weight excluding hydrogens is 310 g/mol. The minimum Gasteiger partial charge on any atom is -0.369 e. The second-order valence-corrected chi connectivity index (χ2v) is 5.84. The quantitative estimate of drug-likeness (QED) is 0.828. The number of nitriles is 1. The summed E-state index contributed by atoms with van der Waals surface area (Å²) in [6, 6.07) is 9.36. The zero-order valence-corrected chi connectivity index (χ0v) is 12.5. The van der Waals surface area contributed by atoms with Crippen LogP contribution in [0.3, 0.4) is 0 Å². The summed E-state index contributed by atoms with van der Waals surface area (Å²) in [5, 5.41) is 12.8. The van der Waals surface area contributed by atoms with Gasteiger partial charge in [0, 0.05) is 17.2 Å². The van der Waals surface area contributed by atoms with Crippen LogP contribution in [0.4, 0.5) is 0 Å². The Labute approximate surface area is 131 Å². The molecule has 1 aliphatic rings. The first-order chi connectivity index (χ1) is 10.0. The lowest BCUT2D eigenvalue weighted by molar-refractivity contribution is -0.133. The van der Waals surface area contributed by atoms with Gasteiger partial charge in [0.05, 0.1) is 16.7 Å². The molecule has 7 heteroatoms. The fourth-order valence-electron chi connectivity index (χ4n) is 1.88. The van der Waals surface area contributed by atoms with Crippen LogP contribution in [0.15, 0.2) is 34.9 Å². The lowest BCUT2D eigenvalue weighted by Gasteiger charge is -2.22. The summed E-state index contributed by atoms with van der Waals surface area (Å²) >= 11 is 7.37. The molecule has 0 spiro atoms. The summed E-state index contributed by atoms with van der Waals surface area (Å²) < 4.78 is 0. The van der Waals surface area contributed by atoms with Gasteiger partial charge in [-0.15, -0.1) is 11.8 Å². The van der Waals surface area contributed by atoms with Gasteiger partial charge >= 0.3 is 0 Å². The Morgan fingerprint density at radius 3 is 2.86 bits per heavy atom. The maximum absolute atomic E-state index is 11.8. The van der Waals surface area contributed by atoms with E-state index in [1.54, 1.807) is 6.07 Å². The first-order valence-electron chi connectivity index (χ1n) is 6.12. The van der Waals surface area contributed by atoms with Crippen LogP contribution < -0.4 is 11.1 Å². The Morgan fingerprint density at radius 1 is 1.52 bits per heavy atom. The van der Waals surface area contributed by atoms with Gasteiger partial charge in [0.25, 0.3) is 0 Å². The molecule has 0 bridgehead atoms. The van der Waals surface area contributed by atoms with Gasteiger partial charge in [0.15, 0.2) is 0 Å². The third kappa shape index (κ3) is 3.57. The second kappa shape index (κ2) is 6.66. The molecule has 2 amide bonds. The minimum atomic E-state index is -0.982. The van der Waals surface area contributed by atoms with E-state index in [1.165, 1.54) is 11.8 Å². The fraction of sp³-hybridized carbons (Fsp3) is 0.214. The maximum Gasteiger partial charge on any atom is 0.237 e. The topological polar surface area (TPSA) is 96.0 Å². The van der Waals surface area contributed by atoms with E-state index in [4.69, 9.17) is 22.6 Å². The van der Waals surface area contributed by atoms with Crippen LogP contribution in [-0.4, -0.2) is 11.8 Å². The minimum absolute atomic E-state index is 0.0442. The number of primary amides is 1. The van der Waals surface area contributed by atoms with Gasteiger partial charge in [-0.2, -0.15) is 5.26 Å². The molecule has 5 nitrogen and oxygen atoms in total. The molecule has 21 heavy (non-hydrogen) atoms. The Kier molecular flexibility index (Phi) is 4.89. The molecule has 0 aromatic heterocycles. The molecule has 1 aliphatic heterocycles. The first-order valence-corrected chi connectivity index (χ1v) is 7.49. The van der Waals surface area contributed by atoms with E-state index >= 15 is 0 Å². The number of amides is 2. The highest BCUT2D eigenvalue weighted by atomic mass is 35.5.